The predicted molar refractivity (Wildman–Crippen MR) is 85.0 cm³/mol. The summed E-state index contributed by atoms with van der Waals surface area (Å²) in [6.07, 6.45) is 5.95. The molecule has 1 fully saturated rings. The number of fused-ring (bicyclic) bond motifs is 1. The first-order valence-electron chi connectivity index (χ1n) is 7.78. The Bertz CT molecular complexity index is 634. The van der Waals surface area contributed by atoms with Crippen LogP contribution in [0.5, 0.6) is 0 Å². The molecular formula is C17H23N3O. The van der Waals surface area contributed by atoms with Gasteiger partial charge in [-0.1, -0.05) is 18.2 Å². The number of likely N-dealkylation sites (tertiary alicyclic amines) is 1. The molecule has 1 saturated heterocycles. The normalized spacial score (nSPS) is 20.7. The van der Waals surface area contributed by atoms with Crippen molar-refractivity contribution >= 4 is 16.8 Å². The second-order valence-corrected chi connectivity index (χ2v) is 6.05. The summed E-state index contributed by atoms with van der Waals surface area (Å²) in [7, 11) is 0. The molecule has 2 atom stereocenters. The first kappa shape index (κ1) is 14.1. The molecule has 0 aliphatic carbocycles. The Morgan fingerprint density at radius 2 is 2.24 bits per heavy atom. The number of aromatic amines is 1. The van der Waals surface area contributed by atoms with Gasteiger partial charge in [-0.2, -0.15) is 0 Å². The third-order valence-corrected chi connectivity index (χ3v) is 4.52. The number of nitrogens with zero attached hydrogens (tertiary/aromatic N) is 1. The lowest BCUT2D eigenvalue weighted by atomic mass is 10.00. The van der Waals surface area contributed by atoms with Crippen LogP contribution >= 0.6 is 0 Å². The summed E-state index contributed by atoms with van der Waals surface area (Å²) < 4.78 is 0. The molecule has 1 aromatic carbocycles. The van der Waals surface area contributed by atoms with E-state index in [1.807, 2.05) is 29.3 Å². The molecule has 0 spiro atoms. The summed E-state index contributed by atoms with van der Waals surface area (Å²) in [5.41, 5.74) is 8.40. The highest BCUT2D eigenvalue weighted by Gasteiger charge is 2.27. The van der Waals surface area contributed by atoms with E-state index >= 15 is 0 Å². The van der Waals surface area contributed by atoms with Crippen LogP contribution < -0.4 is 5.73 Å². The number of rotatable bonds is 3. The van der Waals surface area contributed by atoms with Crippen LogP contribution in [0.1, 0.15) is 31.7 Å². The van der Waals surface area contributed by atoms with E-state index in [1.165, 1.54) is 6.42 Å². The highest BCUT2D eigenvalue weighted by atomic mass is 16.2. The lowest BCUT2D eigenvalue weighted by molar-refractivity contribution is -0.135. The average molecular weight is 285 g/mol. The maximum absolute atomic E-state index is 12.6. The first-order valence-corrected chi connectivity index (χ1v) is 7.78. The number of carbonyl (C=O) groups excluding carboxylic acids is 1. The van der Waals surface area contributed by atoms with Gasteiger partial charge in [-0.05, 0) is 44.2 Å². The van der Waals surface area contributed by atoms with E-state index in [0.29, 0.717) is 12.5 Å². The van der Waals surface area contributed by atoms with Gasteiger partial charge in [0.15, 0.2) is 0 Å². The van der Waals surface area contributed by atoms with E-state index in [-0.39, 0.29) is 5.91 Å². The van der Waals surface area contributed by atoms with Crippen LogP contribution in [0.2, 0.25) is 0 Å². The Balaban J connectivity index is 1.73. The van der Waals surface area contributed by atoms with Gasteiger partial charge in [0.1, 0.15) is 0 Å². The molecule has 4 heteroatoms. The highest BCUT2D eigenvalue weighted by Crippen LogP contribution is 2.21. The lowest BCUT2D eigenvalue weighted by Crippen LogP contribution is -2.50. The van der Waals surface area contributed by atoms with Gasteiger partial charge in [0.05, 0.1) is 6.04 Å². The van der Waals surface area contributed by atoms with E-state index in [4.69, 9.17) is 5.73 Å². The van der Waals surface area contributed by atoms with Crippen molar-refractivity contribution in [3.63, 3.8) is 0 Å². The molecular weight excluding hydrogens is 262 g/mol. The molecule has 0 saturated carbocycles. The van der Waals surface area contributed by atoms with Crippen molar-refractivity contribution in [3.8, 4) is 0 Å². The number of nitrogens with two attached hydrogens (primary N) is 1. The molecule has 0 radical (unpaired) electrons. The van der Waals surface area contributed by atoms with Gasteiger partial charge in [-0.25, -0.2) is 0 Å². The fraction of sp³-hybridized carbons (Fsp3) is 0.471. The van der Waals surface area contributed by atoms with Crippen molar-refractivity contribution in [3.05, 3.63) is 36.0 Å². The van der Waals surface area contributed by atoms with Crippen molar-refractivity contribution in [1.29, 1.82) is 0 Å². The Morgan fingerprint density at radius 1 is 1.43 bits per heavy atom. The van der Waals surface area contributed by atoms with Gasteiger partial charge in [0.25, 0.3) is 0 Å². The van der Waals surface area contributed by atoms with Gasteiger partial charge in [0.2, 0.25) is 5.91 Å². The lowest BCUT2D eigenvalue weighted by Gasteiger charge is -2.35. The molecule has 1 aliphatic heterocycles. The summed E-state index contributed by atoms with van der Waals surface area (Å²) in [4.78, 5) is 17.8. The zero-order valence-electron chi connectivity index (χ0n) is 12.5. The maximum atomic E-state index is 12.6. The molecule has 112 valence electrons. The number of H-pyrrole nitrogens is 1. The molecule has 1 unspecified atom stereocenters. The van der Waals surface area contributed by atoms with E-state index in [0.717, 1.165) is 35.9 Å². The second-order valence-electron chi connectivity index (χ2n) is 6.05. The fourth-order valence-corrected chi connectivity index (χ4v) is 3.26. The third kappa shape index (κ3) is 2.81. The minimum atomic E-state index is -0.454. The van der Waals surface area contributed by atoms with E-state index in [2.05, 4.69) is 18.0 Å². The van der Waals surface area contributed by atoms with Crippen LogP contribution in [0.25, 0.3) is 10.9 Å². The Labute approximate surface area is 125 Å². The van der Waals surface area contributed by atoms with Crippen LogP contribution in [0.3, 0.4) is 0 Å². The van der Waals surface area contributed by atoms with Crippen LogP contribution in [0, 0.1) is 0 Å². The van der Waals surface area contributed by atoms with Gasteiger partial charge in [-0.3, -0.25) is 4.79 Å². The largest absolute Gasteiger partial charge is 0.361 e. The van der Waals surface area contributed by atoms with Crippen LogP contribution in [0.4, 0.5) is 0 Å². The molecule has 1 aromatic heterocycles. The van der Waals surface area contributed by atoms with Crippen LogP contribution in [0.15, 0.2) is 30.5 Å². The van der Waals surface area contributed by atoms with Crippen molar-refractivity contribution in [2.24, 2.45) is 5.73 Å². The molecule has 1 aliphatic rings. The van der Waals surface area contributed by atoms with Crippen molar-refractivity contribution < 1.29 is 4.79 Å². The number of carbonyl (C=O) groups is 1. The zero-order valence-corrected chi connectivity index (χ0v) is 12.5. The molecule has 21 heavy (non-hydrogen) atoms. The monoisotopic (exact) mass is 285 g/mol. The van der Waals surface area contributed by atoms with Crippen molar-refractivity contribution in [2.45, 2.75) is 44.7 Å². The Hall–Kier alpha value is -1.81. The van der Waals surface area contributed by atoms with E-state index < -0.39 is 6.04 Å². The number of para-hydroxylation sites is 1. The number of aromatic nitrogens is 1. The molecule has 3 rings (SSSR count). The van der Waals surface area contributed by atoms with Crippen molar-refractivity contribution in [2.75, 3.05) is 6.54 Å². The van der Waals surface area contributed by atoms with Crippen LogP contribution in [-0.2, 0) is 11.2 Å². The van der Waals surface area contributed by atoms with Gasteiger partial charge >= 0.3 is 0 Å². The second kappa shape index (κ2) is 5.90. The number of benzene rings is 1. The number of hydrogen-bond acceptors (Lipinski definition) is 2. The maximum Gasteiger partial charge on any atom is 0.240 e. The van der Waals surface area contributed by atoms with Gasteiger partial charge < -0.3 is 15.6 Å². The molecule has 4 nitrogen and oxygen atoms in total. The quantitative estimate of drug-likeness (QED) is 0.910. The van der Waals surface area contributed by atoms with E-state index in [9.17, 15) is 4.79 Å². The predicted octanol–water partition coefficient (Wildman–Crippen LogP) is 2.44. The van der Waals surface area contributed by atoms with Gasteiger partial charge in [-0.15, -0.1) is 0 Å². The third-order valence-electron chi connectivity index (χ3n) is 4.52. The summed E-state index contributed by atoms with van der Waals surface area (Å²) in [6, 6.07) is 7.99. The smallest absolute Gasteiger partial charge is 0.240 e. The summed E-state index contributed by atoms with van der Waals surface area (Å²) in [5, 5.41) is 1.16. The molecule has 3 N–H and O–H groups in total. The topological polar surface area (TPSA) is 62.1 Å². The minimum absolute atomic E-state index is 0.0903. The minimum Gasteiger partial charge on any atom is -0.361 e. The zero-order chi connectivity index (χ0) is 14.8. The van der Waals surface area contributed by atoms with Crippen molar-refractivity contribution in [1.82, 2.24) is 9.88 Å². The molecule has 2 heterocycles. The van der Waals surface area contributed by atoms with E-state index in [1.54, 1.807) is 0 Å². The van der Waals surface area contributed by atoms with Crippen LogP contribution in [-0.4, -0.2) is 34.4 Å². The molecule has 0 bridgehead atoms. The summed E-state index contributed by atoms with van der Waals surface area (Å²) >= 11 is 0. The Kier molecular flexibility index (Phi) is 3.97. The Morgan fingerprint density at radius 3 is 3.05 bits per heavy atom. The highest BCUT2D eigenvalue weighted by molar-refractivity contribution is 5.86. The number of hydrogen-bond donors (Lipinski definition) is 2. The molecule has 2 aromatic rings. The summed E-state index contributed by atoms with van der Waals surface area (Å²) in [6.45, 7) is 2.97. The SMILES string of the molecule is CC1CCCCN1C(=O)[C@H](N)Cc1c[nH]c2ccccc12. The fourth-order valence-electron chi connectivity index (χ4n) is 3.26. The number of nitrogens with one attached hydrogen (secondary N) is 1. The number of piperidine rings is 1. The average Bonchev–Trinajstić information content (AvgIpc) is 2.90. The molecule has 1 amide bonds. The number of amides is 1. The standard InChI is InChI=1S/C17H23N3O/c1-12-6-4-5-9-20(12)17(21)15(18)10-13-11-19-16-8-3-2-7-14(13)16/h2-3,7-8,11-12,15,19H,4-6,9-10,18H2,1H3/t12?,15-/m1/s1. The first-order chi connectivity index (χ1) is 10.2. The van der Waals surface area contributed by atoms with Gasteiger partial charge in [0, 0.05) is 29.7 Å². The summed E-state index contributed by atoms with van der Waals surface area (Å²) in [5.74, 6) is 0.0903.